The van der Waals surface area contributed by atoms with Gasteiger partial charge in [0.25, 0.3) is 0 Å². The molecule has 1 fully saturated rings. The number of guanidine groups is 1. The summed E-state index contributed by atoms with van der Waals surface area (Å²) in [5.74, 6) is -9.55. The number of carbonyl (C=O) groups is 9. The molecule has 2 rings (SSSR count). The largest absolute Gasteiger partial charge is 0.481 e. The van der Waals surface area contributed by atoms with Gasteiger partial charge in [-0.1, -0.05) is 20.3 Å². The van der Waals surface area contributed by atoms with Crippen LogP contribution in [0.15, 0.2) is 17.5 Å². The molecule has 0 saturated carbocycles. The molecule has 2 heterocycles. The minimum absolute atomic E-state index is 0.0145. The van der Waals surface area contributed by atoms with Gasteiger partial charge in [-0.05, 0) is 31.6 Å². The van der Waals surface area contributed by atoms with Gasteiger partial charge in [-0.25, -0.2) is 9.78 Å². The number of carbonyl (C=O) groups excluding carboxylic acids is 7. The van der Waals surface area contributed by atoms with E-state index in [0.717, 1.165) is 0 Å². The normalized spacial score (nSPS) is 16.5. The summed E-state index contributed by atoms with van der Waals surface area (Å²) in [6.07, 6.45) is 2.55. The lowest BCUT2D eigenvalue weighted by atomic mass is 9.97. The molecule has 1 aliphatic rings. The maximum absolute atomic E-state index is 13.8. The van der Waals surface area contributed by atoms with E-state index in [4.69, 9.17) is 22.3 Å². The van der Waals surface area contributed by atoms with Crippen molar-refractivity contribution in [3.05, 3.63) is 18.2 Å². The van der Waals surface area contributed by atoms with Crippen LogP contribution in [0.3, 0.4) is 0 Å². The van der Waals surface area contributed by atoms with Gasteiger partial charge >= 0.3 is 11.9 Å². The number of hydrogen-bond donors (Lipinski definition) is 13. The molecule has 1 aromatic rings. The number of aromatic amines is 1. The molecule has 16 N–H and O–H groups in total. The van der Waals surface area contributed by atoms with Crippen molar-refractivity contribution >= 4 is 59.2 Å². The second-order valence-corrected chi connectivity index (χ2v) is 13.7. The van der Waals surface area contributed by atoms with Crippen molar-refractivity contribution in [3.63, 3.8) is 0 Å². The lowest BCUT2D eigenvalue weighted by Crippen LogP contribution is -2.60. The number of nitrogens with zero attached hydrogens (tertiary/aromatic N) is 3. The summed E-state index contributed by atoms with van der Waals surface area (Å²) in [7, 11) is 0. The first-order chi connectivity index (χ1) is 27.9. The molecule has 0 spiro atoms. The molecule has 0 aliphatic carbocycles. The number of aliphatic hydroxyl groups is 1. The quantitative estimate of drug-likeness (QED) is 0.0248. The Labute approximate surface area is 338 Å². The van der Waals surface area contributed by atoms with E-state index in [9.17, 15) is 53.4 Å². The number of nitrogens with one attached hydrogen (secondary N) is 7. The Morgan fingerprint density at radius 1 is 0.932 bits per heavy atom. The van der Waals surface area contributed by atoms with Crippen molar-refractivity contribution in [2.24, 2.45) is 28.1 Å². The van der Waals surface area contributed by atoms with Crippen molar-refractivity contribution in [1.29, 1.82) is 0 Å². The molecule has 7 unspecified atom stereocenters. The number of likely N-dealkylation sites (tertiary alicyclic amines) is 1. The number of aliphatic imine (C=N–C) groups is 1. The molecule has 0 radical (unpaired) electrons. The first-order valence-electron chi connectivity index (χ1n) is 18.8. The zero-order valence-electron chi connectivity index (χ0n) is 32.8. The Bertz CT molecular complexity index is 1670. The lowest BCUT2D eigenvalue weighted by molar-refractivity contribution is -0.147. The number of hydrogen-bond acceptors (Lipinski definition) is 13. The lowest BCUT2D eigenvalue weighted by Gasteiger charge is -2.28. The van der Waals surface area contributed by atoms with Crippen molar-refractivity contribution in [1.82, 2.24) is 46.8 Å². The highest BCUT2D eigenvalue weighted by molar-refractivity contribution is 5.97. The van der Waals surface area contributed by atoms with Gasteiger partial charge in [-0.2, -0.15) is 0 Å². The molecule has 1 saturated heterocycles. The Balaban J connectivity index is 2.23. The molecular formula is C34H55N13O12. The summed E-state index contributed by atoms with van der Waals surface area (Å²) in [4.78, 5) is 127. The van der Waals surface area contributed by atoms with E-state index < -0.39 is 122 Å². The molecule has 7 atom stereocenters. The number of carboxylic acids is 2. The number of carboxylic acid groups (broad SMARTS) is 2. The van der Waals surface area contributed by atoms with E-state index in [0.29, 0.717) is 18.5 Å². The smallest absolute Gasteiger partial charge is 0.326 e. The fourth-order valence-electron chi connectivity index (χ4n) is 5.93. The van der Waals surface area contributed by atoms with Crippen LogP contribution in [0.5, 0.6) is 0 Å². The molecule has 0 bridgehead atoms. The average molecular weight is 838 g/mol. The molecule has 1 aromatic heterocycles. The van der Waals surface area contributed by atoms with Crippen LogP contribution in [0.4, 0.5) is 0 Å². The van der Waals surface area contributed by atoms with Crippen molar-refractivity contribution in [2.75, 3.05) is 32.8 Å². The van der Waals surface area contributed by atoms with Gasteiger partial charge < -0.3 is 74.3 Å². The summed E-state index contributed by atoms with van der Waals surface area (Å²) in [6.45, 7) is 1.79. The second-order valence-electron chi connectivity index (χ2n) is 13.7. The van der Waals surface area contributed by atoms with E-state index in [1.165, 1.54) is 17.4 Å². The van der Waals surface area contributed by atoms with Crippen LogP contribution < -0.4 is 49.1 Å². The van der Waals surface area contributed by atoms with E-state index in [1.54, 1.807) is 13.8 Å². The summed E-state index contributed by atoms with van der Waals surface area (Å²) in [6, 6.07) is -8.31. The van der Waals surface area contributed by atoms with Crippen molar-refractivity contribution in [2.45, 2.75) is 95.0 Å². The summed E-state index contributed by atoms with van der Waals surface area (Å²) in [5.41, 5.74) is 16.4. The zero-order valence-corrected chi connectivity index (χ0v) is 32.8. The van der Waals surface area contributed by atoms with Gasteiger partial charge in [0.05, 0.1) is 32.4 Å². The molecule has 1 aliphatic heterocycles. The Hall–Kier alpha value is -6.37. The molecular weight excluding hydrogens is 782 g/mol. The molecule has 0 aromatic carbocycles. The van der Waals surface area contributed by atoms with Crippen LogP contribution in [-0.2, 0) is 49.6 Å². The number of H-pyrrole nitrogens is 1. The first kappa shape index (κ1) is 48.8. The van der Waals surface area contributed by atoms with E-state index in [-0.39, 0.29) is 44.7 Å². The standard InChI is InChI=1S/C34H55N13O12/c1-3-17(2)27(46-25(50)14-40-30(55)23-7-5-9-47(23)32(57)22(15-48)42-24(49)12-35)31(56)44-20(10-18-13-38-16-41-18)29(54)43-19(6-4-8-39-34(36)37)28(53)45-21(33(58)59)11-26(51)52/h13,16-17,19-23,27,48H,3-12,14-15,35H2,1-2H3,(H,38,41)(H,40,55)(H,42,49)(H,43,54)(H,44,56)(H,45,53)(H,46,50)(H,51,52)(H,58,59)(H4,36,37,39). The number of nitrogens with two attached hydrogens (primary N) is 3. The molecule has 328 valence electrons. The highest BCUT2D eigenvalue weighted by atomic mass is 16.4. The van der Waals surface area contributed by atoms with Gasteiger partial charge in [0.1, 0.15) is 36.3 Å². The van der Waals surface area contributed by atoms with Crippen LogP contribution in [0.1, 0.15) is 58.1 Å². The highest BCUT2D eigenvalue weighted by Crippen LogP contribution is 2.19. The van der Waals surface area contributed by atoms with Gasteiger partial charge in [0, 0.05) is 31.4 Å². The number of aromatic nitrogens is 2. The number of aliphatic hydroxyl groups excluding tert-OH is 1. The Kier molecular flexibility index (Phi) is 20.2. The molecule has 25 nitrogen and oxygen atoms in total. The van der Waals surface area contributed by atoms with Gasteiger partial charge in [0.15, 0.2) is 5.96 Å². The maximum atomic E-state index is 13.8. The second kappa shape index (κ2) is 24.4. The Morgan fingerprint density at radius 3 is 2.17 bits per heavy atom. The Morgan fingerprint density at radius 2 is 1.59 bits per heavy atom. The van der Waals surface area contributed by atoms with Crippen LogP contribution in [0, 0.1) is 5.92 Å². The average Bonchev–Trinajstić information content (AvgIpc) is 3.90. The van der Waals surface area contributed by atoms with E-state index in [1.807, 2.05) is 0 Å². The van der Waals surface area contributed by atoms with Gasteiger partial charge in [0.2, 0.25) is 41.4 Å². The maximum Gasteiger partial charge on any atom is 0.326 e. The minimum Gasteiger partial charge on any atom is -0.481 e. The number of imidazole rings is 1. The summed E-state index contributed by atoms with van der Waals surface area (Å²) in [5, 5.41) is 42.7. The fraction of sp³-hybridized carbons (Fsp3) is 0.618. The van der Waals surface area contributed by atoms with Gasteiger partial charge in [-0.15, -0.1) is 0 Å². The van der Waals surface area contributed by atoms with Crippen LogP contribution >= 0.6 is 0 Å². The predicted octanol–water partition coefficient (Wildman–Crippen LogP) is -5.91. The monoisotopic (exact) mass is 837 g/mol. The third kappa shape index (κ3) is 16.2. The van der Waals surface area contributed by atoms with Crippen molar-refractivity contribution in [3.8, 4) is 0 Å². The molecule has 25 heteroatoms. The van der Waals surface area contributed by atoms with Crippen LogP contribution in [0.25, 0.3) is 0 Å². The topological polar surface area (TPSA) is 409 Å². The molecule has 7 amide bonds. The van der Waals surface area contributed by atoms with Crippen molar-refractivity contribution < 1.29 is 58.5 Å². The van der Waals surface area contributed by atoms with Gasteiger partial charge in [-0.3, -0.25) is 43.3 Å². The number of aliphatic carboxylic acids is 2. The number of rotatable bonds is 25. The third-order valence-electron chi connectivity index (χ3n) is 9.26. The summed E-state index contributed by atoms with van der Waals surface area (Å²) >= 11 is 0. The first-order valence-corrected chi connectivity index (χ1v) is 18.8. The fourth-order valence-corrected chi connectivity index (χ4v) is 5.93. The third-order valence-corrected chi connectivity index (χ3v) is 9.26. The molecule has 59 heavy (non-hydrogen) atoms. The number of amides is 7. The SMILES string of the molecule is CCC(C)C(NC(=O)CNC(=O)C1CCCN1C(=O)C(CO)NC(=O)CN)C(=O)NC(Cc1cnc[nH]1)C(=O)NC(CCCN=C(N)N)C(=O)NC(CC(=O)O)C(=O)O. The predicted molar refractivity (Wildman–Crippen MR) is 205 cm³/mol. The van der Waals surface area contributed by atoms with Crippen LogP contribution in [0.2, 0.25) is 0 Å². The summed E-state index contributed by atoms with van der Waals surface area (Å²) < 4.78 is 0. The van der Waals surface area contributed by atoms with Crippen LogP contribution in [-0.4, -0.2) is 158 Å². The minimum atomic E-state index is -1.84. The van der Waals surface area contributed by atoms with E-state index in [2.05, 4.69) is 46.9 Å². The van der Waals surface area contributed by atoms with E-state index >= 15 is 0 Å². The highest BCUT2D eigenvalue weighted by Gasteiger charge is 2.38. The zero-order chi connectivity index (χ0) is 44.2.